The first-order valence-corrected chi connectivity index (χ1v) is 10.8. The van der Waals surface area contributed by atoms with Crippen LogP contribution in [-0.2, 0) is 0 Å². The molecule has 1 fully saturated rings. The van der Waals surface area contributed by atoms with E-state index in [2.05, 4.69) is 26.8 Å². The van der Waals surface area contributed by atoms with Crippen molar-refractivity contribution in [2.75, 3.05) is 44.2 Å². The lowest BCUT2D eigenvalue weighted by atomic mass is 9.90. The Bertz CT molecular complexity index is 1140. The summed E-state index contributed by atoms with van der Waals surface area (Å²) in [7, 11) is 0. The molecular formula is C24H25N5O4. The van der Waals surface area contributed by atoms with Gasteiger partial charge in [-0.15, -0.1) is 0 Å². The van der Waals surface area contributed by atoms with Crippen molar-refractivity contribution in [3.8, 4) is 0 Å². The molecule has 0 radical (unpaired) electrons. The van der Waals surface area contributed by atoms with Gasteiger partial charge in [0.1, 0.15) is 11.4 Å². The molecule has 1 N–H and O–H groups in total. The zero-order valence-electron chi connectivity index (χ0n) is 18.2. The normalized spacial score (nSPS) is 16.5. The predicted molar refractivity (Wildman–Crippen MR) is 126 cm³/mol. The number of nitro benzene ring substituents is 1. The summed E-state index contributed by atoms with van der Waals surface area (Å²) in [4.78, 5) is 44.4. The van der Waals surface area contributed by atoms with E-state index >= 15 is 0 Å². The molecule has 0 spiro atoms. The van der Waals surface area contributed by atoms with Crippen LogP contribution in [0, 0.1) is 10.1 Å². The molecule has 1 heterocycles. The topological polar surface area (TPSA) is 108 Å². The third kappa shape index (κ3) is 4.68. The lowest BCUT2D eigenvalue weighted by molar-refractivity contribution is -0.384. The van der Waals surface area contributed by atoms with Crippen LogP contribution >= 0.6 is 0 Å². The van der Waals surface area contributed by atoms with Crippen LogP contribution in [0.5, 0.6) is 0 Å². The molecule has 2 aliphatic rings. The molecule has 0 saturated carbocycles. The first kappa shape index (κ1) is 22.3. The van der Waals surface area contributed by atoms with Crippen LogP contribution in [-0.4, -0.2) is 67.4 Å². The largest absolute Gasteiger partial charge is 0.380 e. The second kappa shape index (κ2) is 9.74. The second-order valence-corrected chi connectivity index (χ2v) is 7.97. The number of carbonyl (C=O) groups is 2. The zero-order chi connectivity index (χ0) is 23.4. The fraction of sp³-hybridized carbons (Fsp3) is 0.292. The van der Waals surface area contributed by atoms with Crippen molar-refractivity contribution in [1.82, 2.24) is 10.2 Å². The van der Waals surface area contributed by atoms with Gasteiger partial charge in [0.05, 0.1) is 4.92 Å². The summed E-state index contributed by atoms with van der Waals surface area (Å²) in [6.07, 6.45) is 0.786. The standard InChI is InChI=1S/C24H25N5O4/c1-25-21-22(24(31)20-9-3-2-8-19(20)23(21)30)26-10-5-11-27-12-14-28(15-13-27)17-6-4-7-18(16-17)29(32)33/h2-4,6-9,16,26H,1,5,10-15H2. The third-order valence-electron chi connectivity index (χ3n) is 5.98. The maximum Gasteiger partial charge on any atom is 0.271 e. The molecular weight excluding hydrogens is 422 g/mol. The Morgan fingerprint density at radius 2 is 1.70 bits per heavy atom. The Balaban J connectivity index is 1.28. The number of hydrogen-bond acceptors (Lipinski definition) is 8. The molecule has 2 aromatic carbocycles. The smallest absolute Gasteiger partial charge is 0.271 e. The lowest BCUT2D eigenvalue weighted by Gasteiger charge is -2.36. The molecule has 9 heteroatoms. The van der Waals surface area contributed by atoms with E-state index in [0.717, 1.165) is 44.8 Å². The number of nitrogens with one attached hydrogen (secondary N) is 1. The predicted octanol–water partition coefficient (Wildman–Crippen LogP) is 2.69. The molecule has 4 rings (SSSR count). The summed E-state index contributed by atoms with van der Waals surface area (Å²) < 4.78 is 0. The summed E-state index contributed by atoms with van der Waals surface area (Å²) in [5.41, 5.74) is 1.99. The molecule has 9 nitrogen and oxygen atoms in total. The molecule has 0 aromatic heterocycles. The molecule has 1 saturated heterocycles. The van der Waals surface area contributed by atoms with Crippen molar-refractivity contribution in [2.45, 2.75) is 6.42 Å². The maximum absolute atomic E-state index is 12.8. The number of allylic oxidation sites excluding steroid dienone is 2. The van der Waals surface area contributed by atoms with Crippen molar-refractivity contribution in [2.24, 2.45) is 4.99 Å². The summed E-state index contributed by atoms with van der Waals surface area (Å²) in [6.45, 7) is 8.09. The molecule has 33 heavy (non-hydrogen) atoms. The van der Waals surface area contributed by atoms with Crippen LogP contribution < -0.4 is 10.2 Å². The monoisotopic (exact) mass is 447 g/mol. The number of nitrogens with zero attached hydrogens (tertiary/aromatic N) is 4. The minimum absolute atomic E-state index is 0.0734. The maximum atomic E-state index is 12.8. The van der Waals surface area contributed by atoms with Crippen molar-refractivity contribution in [1.29, 1.82) is 0 Å². The summed E-state index contributed by atoms with van der Waals surface area (Å²) in [5.74, 6) is -0.530. The third-order valence-corrected chi connectivity index (χ3v) is 5.98. The fourth-order valence-corrected chi connectivity index (χ4v) is 4.23. The number of benzene rings is 2. The Labute approximate surface area is 191 Å². The molecule has 0 amide bonds. The van der Waals surface area contributed by atoms with Crippen LogP contribution in [0.3, 0.4) is 0 Å². The number of nitro groups is 1. The highest BCUT2D eigenvalue weighted by Crippen LogP contribution is 2.26. The second-order valence-electron chi connectivity index (χ2n) is 7.97. The van der Waals surface area contributed by atoms with Gasteiger partial charge in [0.2, 0.25) is 11.6 Å². The average Bonchev–Trinajstić information content (AvgIpc) is 2.85. The Morgan fingerprint density at radius 1 is 1.00 bits per heavy atom. The van der Waals surface area contributed by atoms with Crippen LogP contribution in [0.15, 0.2) is 64.9 Å². The van der Waals surface area contributed by atoms with Gasteiger partial charge in [0.15, 0.2) is 0 Å². The van der Waals surface area contributed by atoms with E-state index in [1.54, 1.807) is 36.4 Å². The van der Waals surface area contributed by atoms with Gasteiger partial charge in [-0.05, 0) is 25.7 Å². The number of anilines is 1. The van der Waals surface area contributed by atoms with E-state index < -0.39 is 0 Å². The number of hydrogen-bond donors (Lipinski definition) is 1. The van der Waals surface area contributed by atoms with Crippen LogP contribution in [0.4, 0.5) is 11.4 Å². The van der Waals surface area contributed by atoms with E-state index in [9.17, 15) is 19.7 Å². The van der Waals surface area contributed by atoms with Crippen molar-refractivity contribution >= 4 is 29.7 Å². The summed E-state index contributed by atoms with van der Waals surface area (Å²) in [5, 5.41) is 14.1. The first-order valence-electron chi connectivity index (χ1n) is 10.8. The number of ketones is 2. The first-order chi connectivity index (χ1) is 16.0. The lowest BCUT2D eigenvalue weighted by Crippen LogP contribution is -2.47. The molecule has 0 bridgehead atoms. The molecule has 1 aliphatic carbocycles. The Morgan fingerprint density at radius 3 is 2.36 bits per heavy atom. The molecule has 0 unspecified atom stereocenters. The number of rotatable bonds is 8. The summed E-state index contributed by atoms with van der Waals surface area (Å²) in [6, 6.07) is 13.5. The average molecular weight is 447 g/mol. The highest BCUT2D eigenvalue weighted by atomic mass is 16.6. The van der Waals surface area contributed by atoms with Crippen LogP contribution in [0.1, 0.15) is 27.1 Å². The number of non-ortho nitro benzene ring substituents is 1. The summed E-state index contributed by atoms with van der Waals surface area (Å²) >= 11 is 0. The minimum atomic E-state index is -0.376. The zero-order valence-corrected chi connectivity index (χ0v) is 18.2. The fourth-order valence-electron chi connectivity index (χ4n) is 4.23. The number of aliphatic imine (C=N–C) groups is 1. The minimum Gasteiger partial charge on any atom is -0.380 e. The van der Waals surface area contributed by atoms with E-state index in [4.69, 9.17) is 0 Å². The van der Waals surface area contributed by atoms with Crippen molar-refractivity contribution in [3.05, 3.63) is 81.2 Å². The number of Topliss-reactive ketones (excluding diaryl/α,β-unsaturated/α-hetero) is 2. The molecule has 2 aromatic rings. The quantitative estimate of drug-likeness (QED) is 0.287. The number of fused-ring (bicyclic) bond motifs is 1. The van der Waals surface area contributed by atoms with E-state index in [1.807, 2.05) is 6.07 Å². The van der Waals surface area contributed by atoms with Crippen LogP contribution in [0.25, 0.3) is 0 Å². The highest BCUT2D eigenvalue weighted by Gasteiger charge is 2.31. The van der Waals surface area contributed by atoms with Gasteiger partial charge in [-0.1, -0.05) is 30.3 Å². The molecule has 1 aliphatic heterocycles. The number of piperazine rings is 1. The van der Waals surface area contributed by atoms with E-state index in [0.29, 0.717) is 17.7 Å². The van der Waals surface area contributed by atoms with Gasteiger partial charge in [-0.2, -0.15) is 0 Å². The van der Waals surface area contributed by atoms with Crippen molar-refractivity contribution < 1.29 is 14.5 Å². The van der Waals surface area contributed by atoms with Gasteiger partial charge < -0.3 is 10.2 Å². The highest BCUT2D eigenvalue weighted by molar-refractivity contribution is 6.26. The van der Waals surface area contributed by atoms with Gasteiger partial charge in [-0.3, -0.25) is 29.6 Å². The van der Waals surface area contributed by atoms with Crippen molar-refractivity contribution in [3.63, 3.8) is 0 Å². The number of carbonyl (C=O) groups excluding carboxylic acids is 2. The van der Waals surface area contributed by atoms with Gasteiger partial charge in [0, 0.05) is 61.7 Å². The molecule has 0 atom stereocenters. The SMILES string of the molecule is C=NC1=C(NCCCN2CCN(c3cccc([N+](=O)[O-])c3)CC2)C(=O)c2ccccc2C1=O. The Kier molecular flexibility index (Phi) is 6.60. The Hall–Kier alpha value is -3.85. The van der Waals surface area contributed by atoms with Gasteiger partial charge >= 0.3 is 0 Å². The van der Waals surface area contributed by atoms with E-state index in [1.165, 1.54) is 6.07 Å². The van der Waals surface area contributed by atoms with Gasteiger partial charge in [-0.25, -0.2) is 0 Å². The van der Waals surface area contributed by atoms with Gasteiger partial charge in [0.25, 0.3) is 5.69 Å². The molecule has 170 valence electrons. The van der Waals surface area contributed by atoms with Crippen LogP contribution in [0.2, 0.25) is 0 Å². The van der Waals surface area contributed by atoms with E-state index in [-0.39, 0.29) is 33.6 Å².